The van der Waals surface area contributed by atoms with Gasteiger partial charge in [-0.05, 0) is 65.5 Å². The molecule has 0 aromatic carbocycles. The summed E-state index contributed by atoms with van der Waals surface area (Å²) in [6.07, 6.45) is 5.93. The van der Waals surface area contributed by atoms with Crippen LogP contribution in [0.15, 0.2) is 0 Å². The molecule has 5 heterocycles. The number of aromatic nitrogens is 4. The zero-order valence-corrected chi connectivity index (χ0v) is 27.5. The summed E-state index contributed by atoms with van der Waals surface area (Å²) in [6.45, 7) is 10.9. The van der Waals surface area contributed by atoms with Crippen LogP contribution in [0, 0.1) is 27.7 Å². The number of fused-ring (bicyclic) bond motifs is 8. The molecule has 11 heteroatoms. The third-order valence-corrected chi connectivity index (χ3v) is 8.49. The largest absolute Gasteiger partial charge is 0.657 e. The Balaban J connectivity index is 0.00000461. The summed E-state index contributed by atoms with van der Waals surface area (Å²) in [7, 11) is 0. The Morgan fingerprint density at radius 1 is 0.578 bits per heavy atom. The summed E-state index contributed by atoms with van der Waals surface area (Å²) in [4.78, 5) is 42.6. The van der Waals surface area contributed by atoms with Crippen LogP contribution in [0.3, 0.4) is 0 Å². The van der Waals surface area contributed by atoms with Crippen molar-refractivity contribution in [3.8, 4) is 0 Å². The van der Waals surface area contributed by atoms with E-state index in [1.807, 2.05) is 39.8 Å². The minimum Gasteiger partial charge on any atom is -0.657 e. The van der Waals surface area contributed by atoms with Gasteiger partial charge in [0.25, 0.3) is 0 Å². The zero-order valence-electron chi connectivity index (χ0n) is 26.0. The van der Waals surface area contributed by atoms with Crippen LogP contribution in [0.5, 0.6) is 0 Å². The van der Waals surface area contributed by atoms with Gasteiger partial charge in [-0.25, -0.2) is 0 Å². The van der Waals surface area contributed by atoms with E-state index >= 15 is 0 Å². The third kappa shape index (κ3) is 6.61. The summed E-state index contributed by atoms with van der Waals surface area (Å²) >= 11 is 0. The van der Waals surface area contributed by atoms with Crippen LogP contribution in [0.4, 0.5) is 0 Å². The molecule has 0 fully saturated rings. The molecule has 4 aromatic heterocycles. The molecule has 0 saturated carbocycles. The average molecular weight is 705 g/mol. The van der Waals surface area contributed by atoms with Crippen LogP contribution in [0.2, 0.25) is 0 Å². The van der Waals surface area contributed by atoms with Crippen molar-refractivity contribution in [2.75, 3.05) is 0 Å². The normalized spacial score (nSPS) is 16.5. The van der Waals surface area contributed by atoms with Crippen LogP contribution >= 0.6 is 0 Å². The Bertz CT molecular complexity index is 2040. The summed E-state index contributed by atoms with van der Waals surface area (Å²) in [5.74, 6) is -1.86. The topological polar surface area (TPSA) is 171 Å². The van der Waals surface area contributed by atoms with Crippen molar-refractivity contribution >= 4 is 36.2 Å². The van der Waals surface area contributed by atoms with E-state index in [0.29, 0.717) is 55.3 Å². The SMILES string of the molecule is Cc1c2[n-]c(c1CCC(=O)O)/C=c1\[n-]/c(c(C)c1CCC(=O)O)=C\c1[n-]c(c(C)c1C(C)O)/C=c1\[n-]/c(c(C)c1C(C)O)=C\2.[Ag]. The molecule has 0 spiro atoms. The Hall–Kier alpha value is -3.80. The van der Waals surface area contributed by atoms with Crippen LogP contribution in [-0.4, -0.2) is 32.4 Å². The van der Waals surface area contributed by atoms with Gasteiger partial charge in [0, 0.05) is 35.2 Å². The number of carbonyl (C=O) groups is 2. The molecule has 4 N–H and O–H groups in total. The first kappa shape index (κ1) is 34.1. The number of aliphatic hydroxyl groups is 2. The first-order valence-corrected chi connectivity index (χ1v) is 14.6. The number of carboxylic acid groups (broad SMARTS) is 2. The Morgan fingerprint density at radius 2 is 1.04 bits per heavy atom. The second-order valence-corrected chi connectivity index (χ2v) is 11.5. The number of aliphatic hydroxyl groups excluding tert-OH is 2. The van der Waals surface area contributed by atoms with Crippen LogP contribution < -0.4 is 41.3 Å². The molecule has 2 atom stereocenters. The van der Waals surface area contributed by atoms with E-state index in [-0.39, 0.29) is 48.1 Å². The van der Waals surface area contributed by atoms with Gasteiger partial charge >= 0.3 is 11.9 Å². The Kier molecular flexibility index (Phi) is 10.1. The molecule has 4 aromatic rings. The summed E-state index contributed by atoms with van der Waals surface area (Å²) in [5, 5.41) is 42.7. The fourth-order valence-corrected chi connectivity index (χ4v) is 6.15. The first-order valence-electron chi connectivity index (χ1n) is 14.6. The van der Waals surface area contributed by atoms with Crippen molar-refractivity contribution in [2.45, 2.75) is 79.4 Å². The van der Waals surface area contributed by atoms with Gasteiger partial charge in [0.05, 0.1) is 12.2 Å². The first-order chi connectivity index (χ1) is 20.8. The van der Waals surface area contributed by atoms with Gasteiger partial charge in [0.1, 0.15) is 0 Å². The number of rotatable bonds is 8. The maximum atomic E-state index is 11.5. The standard InChI is InChI=1S/C34H36N4O6.Ag/c1-15-21(7-9-31(41)42)27-14-28-22(8-10-32(43)44)16(2)24(36-28)12-29-34(20(6)40)18(4)26(38-29)13-30-33(19(5)39)17(3)25(37-30)11-23(15)35-27;/h11-14,19-20,39-40H,7-10H2,1-6H3,(H,41,42)(H,43,44);/q-4;/b23-11?,24-12-,25-11-,26-13?,27-14?,28-14-,29-12?,30-13-;. The van der Waals surface area contributed by atoms with Crippen LogP contribution in [-0.2, 0) is 44.8 Å². The van der Waals surface area contributed by atoms with Gasteiger partial charge in [-0.3, -0.25) is 9.59 Å². The second-order valence-electron chi connectivity index (χ2n) is 11.5. The molecule has 0 aliphatic carbocycles. The van der Waals surface area contributed by atoms with E-state index in [1.165, 1.54) is 0 Å². The number of hydrogen-bond acceptors (Lipinski definition) is 4. The van der Waals surface area contributed by atoms with Crippen molar-refractivity contribution in [2.24, 2.45) is 0 Å². The fourth-order valence-electron chi connectivity index (χ4n) is 6.15. The number of hydrogen-bond donors (Lipinski definition) is 4. The molecular weight excluding hydrogens is 668 g/mol. The van der Waals surface area contributed by atoms with Crippen molar-refractivity contribution in [3.63, 3.8) is 0 Å². The van der Waals surface area contributed by atoms with Crippen LogP contribution in [0.25, 0.3) is 24.3 Å². The quantitative estimate of drug-likeness (QED) is 0.167. The van der Waals surface area contributed by atoms with Gasteiger partial charge in [-0.15, -0.1) is 44.2 Å². The van der Waals surface area contributed by atoms with Crippen molar-refractivity contribution < 1.29 is 52.4 Å². The van der Waals surface area contributed by atoms with Crippen molar-refractivity contribution in [1.82, 2.24) is 19.9 Å². The predicted octanol–water partition coefficient (Wildman–Crippen LogP) is 0.516. The summed E-state index contributed by atoms with van der Waals surface area (Å²) in [5.41, 5.74) is 8.32. The van der Waals surface area contributed by atoms with Gasteiger partial charge < -0.3 is 40.4 Å². The van der Waals surface area contributed by atoms with Gasteiger partial charge in [0.2, 0.25) is 0 Å². The molecule has 1 radical (unpaired) electrons. The molecular formula is C34H36AgN4O6-4. The molecule has 1 aliphatic rings. The number of carboxylic acids is 2. The minimum atomic E-state index is -0.931. The smallest absolute Gasteiger partial charge is 0.303 e. The Labute approximate surface area is 275 Å². The van der Waals surface area contributed by atoms with E-state index in [2.05, 4.69) is 0 Å². The molecule has 5 rings (SSSR count). The molecule has 0 amide bonds. The molecule has 45 heavy (non-hydrogen) atoms. The van der Waals surface area contributed by atoms with E-state index in [0.717, 1.165) is 33.4 Å². The number of nitrogens with zero attached hydrogens (tertiary/aromatic N) is 4. The van der Waals surface area contributed by atoms with Gasteiger partial charge in [-0.2, -0.15) is 0 Å². The van der Waals surface area contributed by atoms with Crippen molar-refractivity contribution in [3.05, 3.63) is 88.7 Å². The molecule has 243 valence electrons. The molecule has 0 saturated heterocycles. The summed E-state index contributed by atoms with van der Waals surface area (Å²) < 4.78 is 0. The molecule has 10 nitrogen and oxygen atoms in total. The van der Waals surface area contributed by atoms with Crippen molar-refractivity contribution in [1.29, 1.82) is 0 Å². The monoisotopic (exact) mass is 703 g/mol. The van der Waals surface area contributed by atoms with Gasteiger partial charge in [-0.1, -0.05) is 57.7 Å². The minimum absolute atomic E-state index is 0. The van der Waals surface area contributed by atoms with E-state index in [9.17, 15) is 30.0 Å². The average Bonchev–Trinajstić information content (AvgIpc) is 3.59. The maximum Gasteiger partial charge on any atom is 0.303 e. The molecule has 8 bridgehead atoms. The predicted molar refractivity (Wildman–Crippen MR) is 164 cm³/mol. The fraction of sp³-hybridized carbons (Fsp3) is 0.353. The van der Waals surface area contributed by atoms with E-state index in [4.69, 9.17) is 19.9 Å². The van der Waals surface area contributed by atoms with Crippen LogP contribution in [0.1, 0.15) is 106 Å². The molecule has 1 aliphatic heterocycles. The third-order valence-electron chi connectivity index (χ3n) is 8.49. The molecule has 2 unspecified atom stereocenters. The summed E-state index contributed by atoms with van der Waals surface area (Å²) in [6, 6.07) is 0. The van der Waals surface area contributed by atoms with E-state index in [1.54, 1.807) is 26.0 Å². The maximum absolute atomic E-state index is 11.5. The Morgan fingerprint density at radius 3 is 1.64 bits per heavy atom. The van der Waals surface area contributed by atoms with Gasteiger partial charge in [0.15, 0.2) is 0 Å². The van der Waals surface area contributed by atoms with E-state index < -0.39 is 24.1 Å². The number of aliphatic carboxylic acids is 2. The second kappa shape index (κ2) is 13.3. The zero-order chi connectivity index (χ0) is 32.0.